The predicted molar refractivity (Wildman–Crippen MR) is 92.5 cm³/mol. The van der Waals surface area contributed by atoms with Crippen LogP contribution in [-0.4, -0.2) is 38.6 Å². The summed E-state index contributed by atoms with van der Waals surface area (Å²) in [7, 11) is 1.47. The van der Waals surface area contributed by atoms with E-state index in [1.807, 2.05) is 0 Å². The monoisotopic (exact) mass is 359 g/mol. The first kappa shape index (κ1) is 16.8. The quantitative estimate of drug-likeness (QED) is 0.300. The largest absolute Gasteiger partial charge is 0.507 e. The summed E-state index contributed by atoms with van der Waals surface area (Å²) < 4.78 is 4.98. The number of imidazole rings is 1. The number of nitrogens with zero attached hydrogens (tertiary/aromatic N) is 2. The van der Waals surface area contributed by atoms with Crippen LogP contribution < -0.4 is 4.74 Å². The molecule has 0 spiro atoms. The molecule has 0 radical (unpaired) electrons. The zero-order valence-corrected chi connectivity index (χ0v) is 13.9. The minimum absolute atomic E-state index is 0.0352. The van der Waals surface area contributed by atoms with Crippen molar-refractivity contribution in [1.82, 2.24) is 9.97 Å². The van der Waals surface area contributed by atoms with E-state index in [1.165, 1.54) is 31.4 Å². The molecule has 0 amide bonds. The molecular weight excluding hydrogens is 346 g/mol. The molecule has 0 aliphatic heterocycles. The Bertz CT molecular complexity index is 970. The molecule has 9 heteroatoms. The van der Waals surface area contributed by atoms with Crippen molar-refractivity contribution in [3.8, 4) is 11.5 Å². The van der Waals surface area contributed by atoms with E-state index in [-0.39, 0.29) is 28.5 Å². The molecule has 25 heavy (non-hydrogen) atoms. The zero-order chi connectivity index (χ0) is 18.0. The number of phenolic OH excluding ortho intramolecular Hbond substituents is 1. The number of non-ortho nitro benzene ring substituents is 1. The number of benzene rings is 2. The second-order valence-corrected chi connectivity index (χ2v) is 6.06. The van der Waals surface area contributed by atoms with E-state index >= 15 is 0 Å². The zero-order valence-electron chi connectivity index (χ0n) is 13.1. The summed E-state index contributed by atoms with van der Waals surface area (Å²) in [6.45, 7) is 0. The second kappa shape index (κ2) is 6.81. The van der Waals surface area contributed by atoms with Crippen LogP contribution in [0.1, 0.15) is 10.4 Å². The number of fused-ring (bicyclic) bond motifs is 1. The highest BCUT2D eigenvalue weighted by atomic mass is 32.2. The summed E-state index contributed by atoms with van der Waals surface area (Å²) in [6, 6.07) is 8.78. The highest BCUT2D eigenvalue weighted by molar-refractivity contribution is 7.99. The van der Waals surface area contributed by atoms with E-state index in [1.54, 1.807) is 12.1 Å². The van der Waals surface area contributed by atoms with Crippen molar-refractivity contribution in [3.05, 3.63) is 52.1 Å². The molecule has 0 unspecified atom stereocenters. The van der Waals surface area contributed by atoms with Crippen LogP contribution in [0.3, 0.4) is 0 Å². The van der Waals surface area contributed by atoms with E-state index in [2.05, 4.69) is 9.97 Å². The molecule has 2 N–H and O–H groups in total. The van der Waals surface area contributed by atoms with E-state index in [4.69, 9.17) is 4.74 Å². The van der Waals surface area contributed by atoms with Gasteiger partial charge in [-0.3, -0.25) is 14.9 Å². The third-order valence-corrected chi connectivity index (χ3v) is 4.37. The maximum absolute atomic E-state index is 12.2. The molecule has 3 rings (SSSR count). The number of aromatic amines is 1. The van der Waals surface area contributed by atoms with Crippen LogP contribution in [0.4, 0.5) is 5.69 Å². The minimum atomic E-state index is -0.483. The number of ether oxygens (including phenoxy) is 1. The predicted octanol–water partition coefficient (Wildman–Crippen LogP) is 3.16. The number of hydrogen-bond donors (Lipinski definition) is 2. The first-order valence-electron chi connectivity index (χ1n) is 7.15. The highest BCUT2D eigenvalue weighted by Gasteiger charge is 2.15. The first-order valence-corrected chi connectivity index (χ1v) is 8.13. The number of methoxy groups -OCH3 is 1. The number of nitro benzene ring substituents is 1. The minimum Gasteiger partial charge on any atom is -0.507 e. The van der Waals surface area contributed by atoms with Gasteiger partial charge in [0.05, 0.1) is 34.4 Å². The molecule has 0 atom stereocenters. The van der Waals surface area contributed by atoms with Crippen molar-refractivity contribution in [1.29, 1.82) is 0 Å². The molecule has 2 aromatic carbocycles. The number of phenols is 1. The van der Waals surface area contributed by atoms with Gasteiger partial charge in [-0.05, 0) is 18.2 Å². The number of H-pyrrole nitrogens is 1. The van der Waals surface area contributed by atoms with Crippen LogP contribution in [0.2, 0.25) is 0 Å². The van der Waals surface area contributed by atoms with Gasteiger partial charge < -0.3 is 14.8 Å². The van der Waals surface area contributed by atoms with E-state index < -0.39 is 4.92 Å². The van der Waals surface area contributed by atoms with Gasteiger partial charge in [0.25, 0.3) is 5.69 Å². The smallest absolute Gasteiger partial charge is 0.271 e. The van der Waals surface area contributed by atoms with E-state index in [0.29, 0.717) is 21.9 Å². The van der Waals surface area contributed by atoms with Gasteiger partial charge in [0.2, 0.25) is 0 Å². The topological polar surface area (TPSA) is 118 Å². The lowest BCUT2D eigenvalue weighted by molar-refractivity contribution is -0.384. The molecule has 128 valence electrons. The van der Waals surface area contributed by atoms with E-state index in [0.717, 1.165) is 11.8 Å². The van der Waals surface area contributed by atoms with Gasteiger partial charge in [0, 0.05) is 18.2 Å². The van der Waals surface area contributed by atoms with Gasteiger partial charge in [-0.2, -0.15) is 0 Å². The number of carbonyl (C=O) groups is 1. The number of thioether (sulfide) groups is 1. The van der Waals surface area contributed by atoms with E-state index in [9.17, 15) is 20.0 Å². The number of ketones is 1. The van der Waals surface area contributed by atoms with Crippen LogP contribution in [0, 0.1) is 10.1 Å². The molecule has 0 bridgehead atoms. The molecule has 0 saturated carbocycles. The lowest BCUT2D eigenvalue weighted by Gasteiger charge is -2.05. The van der Waals surface area contributed by atoms with Crippen molar-refractivity contribution < 1.29 is 19.6 Å². The molecule has 3 aromatic rings. The Balaban J connectivity index is 1.73. The van der Waals surface area contributed by atoms with Crippen molar-refractivity contribution in [2.24, 2.45) is 0 Å². The summed E-state index contributed by atoms with van der Waals surface area (Å²) in [5, 5.41) is 21.1. The summed E-state index contributed by atoms with van der Waals surface area (Å²) in [4.78, 5) is 29.8. The summed E-state index contributed by atoms with van der Waals surface area (Å²) >= 11 is 1.15. The molecule has 0 fully saturated rings. The average molecular weight is 359 g/mol. The van der Waals surface area contributed by atoms with Gasteiger partial charge in [-0.1, -0.05) is 11.8 Å². The molecule has 1 aromatic heterocycles. The number of hydrogen-bond acceptors (Lipinski definition) is 7. The third kappa shape index (κ3) is 3.56. The van der Waals surface area contributed by atoms with Crippen LogP contribution in [0.15, 0.2) is 41.6 Å². The molecule has 0 saturated heterocycles. The number of aromatic hydroxyl groups is 1. The standard InChI is InChI=1S/C16H13N3O5S/c1-24-10-3-4-11(14(20)7-10)15(21)8-25-16-17-12-5-2-9(19(22)23)6-13(12)18-16/h2-7,20H,8H2,1H3,(H,17,18). The maximum Gasteiger partial charge on any atom is 0.271 e. The van der Waals surface area contributed by atoms with Gasteiger partial charge in [-0.15, -0.1) is 0 Å². The highest BCUT2D eigenvalue weighted by Crippen LogP contribution is 2.27. The second-order valence-electron chi connectivity index (χ2n) is 5.10. The van der Waals surface area contributed by atoms with Crippen molar-refractivity contribution in [2.45, 2.75) is 5.16 Å². The number of aromatic nitrogens is 2. The van der Waals surface area contributed by atoms with Crippen molar-refractivity contribution in [3.63, 3.8) is 0 Å². The Kier molecular flexibility index (Phi) is 4.57. The van der Waals surface area contributed by atoms with Gasteiger partial charge in [-0.25, -0.2) is 4.98 Å². The Hall–Kier alpha value is -3.07. The number of Topliss-reactive ketones (excluding diaryl/α,β-unsaturated/α-hetero) is 1. The normalized spacial score (nSPS) is 10.8. The number of nitro groups is 1. The van der Waals surface area contributed by atoms with Crippen molar-refractivity contribution >= 4 is 34.3 Å². The maximum atomic E-state index is 12.2. The molecular formula is C16H13N3O5S. The lowest BCUT2D eigenvalue weighted by atomic mass is 10.1. The molecule has 0 aliphatic rings. The van der Waals surface area contributed by atoms with Crippen LogP contribution in [-0.2, 0) is 0 Å². The number of nitrogens with one attached hydrogen (secondary N) is 1. The van der Waals surface area contributed by atoms with Crippen LogP contribution in [0.5, 0.6) is 11.5 Å². The Morgan fingerprint density at radius 2 is 2.16 bits per heavy atom. The number of rotatable bonds is 6. The van der Waals surface area contributed by atoms with Gasteiger partial charge >= 0.3 is 0 Å². The molecule has 1 heterocycles. The van der Waals surface area contributed by atoms with Crippen LogP contribution in [0.25, 0.3) is 11.0 Å². The summed E-state index contributed by atoms with van der Waals surface area (Å²) in [6.07, 6.45) is 0. The van der Waals surface area contributed by atoms with Crippen molar-refractivity contribution in [2.75, 3.05) is 12.9 Å². The first-order chi connectivity index (χ1) is 12.0. The average Bonchev–Trinajstić information content (AvgIpc) is 3.01. The Morgan fingerprint density at radius 3 is 2.84 bits per heavy atom. The molecule has 8 nitrogen and oxygen atoms in total. The Morgan fingerprint density at radius 1 is 1.36 bits per heavy atom. The van der Waals surface area contributed by atoms with Gasteiger partial charge in [0.15, 0.2) is 10.9 Å². The van der Waals surface area contributed by atoms with Gasteiger partial charge in [0.1, 0.15) is 11.5 Å². The lowest BCUT2D eigenvalue weighted by Crippen LogP contribution is -2.03. The summed E-state index contributed by atoms with van der Waals surface area (Å²) in [5.41, 5.74) is 1.26. The SMILES string of the molecule is COc1ccc(C(=O)CSc2nc3ccc([N+](=O)[O-])cc3[nH]2)c(O)c1. The molecule has 0 aliphatic carbocycles. The fraction of sp³-hybridized carbons (Fsp3) is 0.125. The Labute approximate surface area is 146 Å². The van der Waals surface area contributed by atoms with Crippen LogP contribution >= 0.6 is 11.8 Å². The fourth-order valence-electron chi connectivity index (χ4n) is 2.24. The summed E-state index contributed by atoms with van der Waals surface area (Å²) in [5.74, 6) is 0.101. The number of carbonyl (C=O) groups excluding carboxylic acids is 1. The fourth-order valence-corrected chi connectivity index (χ4v) is 3.01. The third-order valence-electron chi connectivity index (χ3n) is 3.50.